The van der Waals surface area contributed by atoms with E-state index in [1.54, 1.807) is 13.3 Å². The normalized spacial score (nSPS) is 10.8. The van der Waals surface area contributed by atoms with Crippen molar-refractivity contribution in [1.82, 2.24) is 9.97 Å². The molecule has 0 aliphatic carbocycles. The van der Waals surface area contributed by atoms with Gasteiger partial charge in [0.1, 0.15) is 5.75 Å². The molecule has 2 aromatic heterocycles. The van der Waals surface area contributed by atoms with Crippen molar-refractivity contribution in [3.63, 3.8) is 0 Å². The molecule has 1 N–H and O–H groups in total. The first-order valence-electron chi connectivity index (χ1n) is 7.52. The number of nitrogens with one attached hydrogen (secondary N) is 1. The Morgan fingerprint density at radius 1 is 0.870 bits per heavy atom. The van der Waals surface area contributed by atoms with Crippen LogP contribution in [0, 0.1) is 0 Å². The van der Waals surface area contributed by atoms with E-state index in [9.17, 15) is 0 Å². The highest BCUT2D eigenvalue weighted by Crippen LogP contribution is 2.38. The van der Waals surface area contributed by atoms with E-state index in [0.717, 1.165) is 28.1 Å². The van der Waals surface area contributed by atoms with Gasteiger partial charge in [0.15, 0.2) is 0 Å². The number of rotatable bonds is 3. The summed E-state index contributed by atoms with van der Waals surface area (Å²) in [7, 11) is 1.68. The third-order valence-electron chi connectivity index (χ3n) is 4.03. The maximum Gasteiger partial charge on any atom is 0.118 e. The Balaban J connectivity index is 1.99. The zero-order valence-corrected chi connectivity index (χ0v) is 12.8. The second kappa shape index (κ2) is 5.61. The van der Waals surface area contributed by atoms with E-state index >= 15 is 0 Å². The van der Waals surface area contributed by atoms with Crippen LogP contribution >= 0.6 is 0 Å². The van der Waals surface area contributed by atoms with Crippen LogP contribution in [0.1, 0.15) is 0 Å². The second-order valence-electron chi connectivity index (χ2n) is 5.39. The summed E-state index contributed by atoms with van der Waals surface area (Å²) in [5.41, 5.74) is 5.63. The van der Waals surface area contributed by atoms with Gasteiger partial charge < -0.3 is 9.72 Å². The number of H-pyrrole nitrogens is 1. The van der Waals surface area contributed by atoms with Crippen LogP contribution in [0.5, 0.6) is 5.75 Å². The molecule has 0 amide bonds. The summed E-state index contributed by atoms with van der Waals surface area (Å²) < 4.78 is 5.27. The molecule has 0 saturated carbocycles. The van der Waals surface area contributed by atoms with Gasteiger partial charge in [0.2, 0.25) is 0 Å². The molecule has 0 unspecified atom stereocenters. The number of pyridine rings is 1. The number of ether oxygens (including phenoxy) is 1. The van der Waals surface area contributed by atoms with E-state index in [0.29, 0.717) is 0 Å². The maximum atomic E-state index is 5.27. The van der Waals surface area contributed by atoms with Gasteiger partial charge in [-0.2, -0.15) is 0 Å². The van der Waals surface area contributed by atoms with Crippen LogP contribution in [0.25, 0.3) is 33.3 Å². The van der Waals surface area contributed by atoms with Crippen LogP contribution in [0.4, 0.5) is 0 Å². The number of hydrogen-bond donors (Lipinski definition) is 1. The summed E-state index contributed by atoms with van der Waals surface area (Å²) in [6, 6.07) is 20.5. The van der Waals surface area contributed by atoms with Gasteiger partial charge in [-0.15, -0.1) is 0 Å². The lowest BCUT2D eigenvalue weighted by atomic mass is 9.99. The molecule has 0 radical (unpaired) electrons. The summed E-state index contributed by atoms with van der Waals surface area (Å²) in [4.78, 5) is 7.79. The number of para-hydroxylation sites is 1. The molecular weight excluding hydrogens is 284 g/mol. The third kappa shape index (κ3) is 2.36. The highest BCUT2D eigenvalue weighted by molar-refractivity contribution is 6.03. The second-order valence-corrected chi connectivity index (χ2v) is 5.39. The molecule has 0 bridgehead atoms. The molecule has 0 atom stereocenters. The van der Waals surface area contributed by atoms with Crippen molar-refractivity contribution in [2.24, 2.45) is 0 Å². The maximum absolute atomic E-state index is 5.27. The Hall–Kier alpha value is -3.07. The van der Waals surface area contributed by atoms with Crippen LogP contribution in [0.2, 0.25) is 0 Å². The number of aromatic amines is 1. The van der Waals surface area contributed by atoms with Gasteiger partial charge in [0.05, 0.1) is 12.8 Å². The SMILES string of the molecule is COc1ccc(-c2c(-c3cccnc3)[nH]c3ccccc23)cc1. The average Bonchev–Trinajstić information content (AvgIpc) is 3.02. The summed E-state index contributed by atoms with van der Waals surface area (Å²) in [5.74, 6) is 0.858. The summed E-state index contributed by atoms with van der Waals surface area (Å²) in [5, 5.41) is 1.21. The molecule has 4 aromatic rings. The minimum absolute atomic E-state index is 0.858. The van der Waals surface area contributed by atoms with Crippen LogP contribution in [-0.4, -0.2) is 17.1 Å². The molecule has 3 heteroatoms. The van der Waals surface area contributed by atoms with Gasteiger partial charge in [-0.3, -0.25) is 4.98 Å². The number of nitrogens with zero attached hydrogens (tertiary/aromatic N) is 1. The van der Waals surface area contributed by atoms with Crippen LogP contribution in [0.15, 0.2) is 73.1 Å². The average molecular weight is 300 g/mol. The van der Waals surface area contributed by atoms with Gasteiger partial charge in [0.25, 0.3) is 0 Å². The number of aromatic nitrogens is 2. The molecule has 0 saturated heterocycles. The lowest BCUT2D eigenvalue weighted by Crippen LogP contribution is -1.85. The van der Waals surface area contributed by atoms with E-state index < -0.39 is 0 Å². The molecule has 2 aromatic carbocycles. The van der Waals surface area contributed by atoms with Gasteiger partial charge in [-0.25, -0.2) is 0 Å². The van der Waals surface area contributed by atoms with E-state index in [-0.39, 0.29) is 0 Å². The standard InChI is InChI=1S/C20H16N2O/c1-23-16-10-8-14(9-11-16)19-17-6-2-3-7-18(17)22-20(19)15-5-4-12-21-13-15/h2-13,22H,1H3. The zero-order chi connectivity index (χ0) is 15.6. The minimum atomic E-state index is 0.858. The fourth-order valence-corrected chi connectivity index (χ4v) is 2.93. The molecule has 0 aliphatic heterocycles. The predicted octanol–water partition coefficient (Wildman–Crippen LogP) is 4.91. The van der Waals surface area contributed by atoms with E-state index in [1.165, 1.54) is 10.9 Å². The van der Waals surface area contributed by atoms with E-state index in [2.05, 4.69) is 46.4 Å². The number of methoxy groups -OCH3 is 1. The number of fused-ring (bicyclic) bond motifs is 1. The molecular formula is C20H16N2O. The first-order valence-corrected chi connectivity index (χ1v) is 7.52. The predicted molar refractivity (Wildman–Crippen MR) is 93.5 cm³/mol. The largest absolute Gasteiger partial charge is 0.497 e. The first-order chi connectivity index (χ1) is 11.4. The smallest absolute Gasteiger partial charge is 0.118 e. The van der Waals surface area contributed by atoms with Crippen molar-refractivity contribution in [2.75, 3.05) is 7.11 Å². The first kappa shape index (κ1) is 13.6. The highest BCUT2D eigenvalue weighted by Gasteiger charge is 2.14. The lowest BCUT2D eigenvalue weighted by Gasteiger charge is -2.07. The topological polar surface area (TPSA) is 37.9 Å². The highest BCUT2D eigenvalue weighted by atomic mass is 16.5. The summed E-state index contributed by atoms with van der Waals surface area (Å²) >= 11 is 0. The molecule has 0 spiro atoms. The lowest BCUT2D eigenvalue weighted by molar-refractivity contribution is 0.415. The molecule has 4 rings (SSSR count). The van der Waals surface area contributed by atoms with Crippen molar-refractivity contribution in [1.29, 1.82) is 0 Å². The molecule has 23 heavy (non-hydrogen) atoms. The summed E-state index contributed by atoms with van der Waals surface area (Å²) in [6.07, 6.45) is 3.68. The Morgan fingerprint density at radius 2 is 1.70 bits per heavy atom. The van der Waals surface area contributed by atoms with Gasteiger partial charge in [-0.05, 0) is 35.9 Å². The Morgan fingerprint density at radius 3 is 2.43 bits per heavy atom. The van der Waals surface area contributed by atoms with E-state index in [4.69, 9.17) is 4.74 Å². The molecule has 112 valence electrons. The minimum Gasteiger partial charge on any atom is -0.497 e. The quantitative estimate of drug-likeness (QED) is 0.584. The number of benzene rings is 2. The van der Waals surface area contributed by atoms with E-state index in [1.807, 2.05) is 30.5 Å². The Bertz CT molecular complexity index is 940. The van der Waals surface area contributed by atoms with Crippen molar-refractivity contribution in [3.05, 3.63) is 73.1 Å². The zero-order valence-electron chi connectivity index (χ0n) is 12.8. The van der Waals surface area contributed by atoms with Crippen LogP contribution < -0.4 is 4.74 Å². The Labute approximate surface area is 134 Å². The van der Waals surface area contributed by atoms with Crippen molar-refractivity contribution >= 4 is 10.9 Å². The number of hydrogen-bond acceptors (Lipinski definition) is 2. The monoisotopic (exact) mass is 300 g/mol. The molecule has 0 aliphatic rings. The van der Waals surface area contributed by atoms with Gasteiger partial charge in [-0.1, -0.05) is 30.3 Å². The summed E-state index contributed by atoms with van der Waals surface area (Å²) in [6.45, 7) is 0. The molecule has 0 fully saturated rings. The Kier molecular flexibility index (Phi) is 3.31. The third-order valence-corrected chi connectivity index (χ3v) is 4.03. The fraction of sp³-hybridized carbons (Fsp3) is 0.0500. The molecule has 2 heterocycles. The van der Waals surface area contributed by atoms with Crippen LogP contribution in [0.3, 0.4) is 0 Å². The van der Waals surface area contributed by atoms with Gasteiger partial charge >= 0.3 is 0 Å². The van der Waals surface area contributed by atoms with Crippen molar-refractivity contribution in [3.8, 4) is 28.1 Å². The molecule has 3 nitrogen and oxygen atoms in total. The van der Waals surface area contributed by atoms with Crippen LogP contribution in [-0.2, 0) is 0 Å². The van der Waals surface area contributed by atoms with Crippen molar-refractivity contribution in [2.45, 2.75) is 0 Å². The van der Waals surface area contributed by atoms with Crippen molar-refractivity contribution < 1.29 is 4.74 Å². The van der Waals surface area contributed by atoms with Gasteiger partial charge in [0, 0.05) is 34.4 Å². The fourth-order valence-electron chi connectivity index (χ4n) is 2.93.